The van der Waals surface area contributed by atoms with Crippen molar-refractivity contribution in [1.29, 1.82) is 0 Å². The van der Waals surface area contributed by atoms with Crippen LogP contribution in [0.15, 0.2) is 36.5 Å². The standard InChI is InChI=1S/C15H20ClN3/c1-12(2)9-17-10-15-7-8-18-19(15)11-13-3-5-14(16)6-4-13/h3-8,12,17H,9-11H2,1-2H3. The number of hydrogen-bond donors (Lipinski definition) is 1. The zero-order valence-electron chi connectivity index (χ0n) is 11.4. The molecule has 0 saturated carbocycles. The zero-order chi connectivity index (χ0) is 13.7. The van der Waals surface area contributed by atoms with Gasteiger partial charge in [0, 0.05) is 17.8 Å². The van der Waals surface area contributed by atoms with Crippen LogP contribution in [-0.2, 0) is 13.1 Å². The summed E-state index contributed by atoms with van der Waals surface area (Å²) in [7, 11) is 0. The molecular weight excluding hydrogens is 258 g/mol. The van der Waals surface area contributed by atoms with E-state index in [4.69, 9.17) is 11.6 Å². The molecule has 2 aromatic rings. The van der Waals surface area contributed by atoms with Crippen LogP contribution < -0.4 is 5.32 Å². The number of benzene rings is 1. The van der Waals surface area contributed by atoms with E-state index in [9.17, 15) is 0 Å². The van der Waals surface area contributed by atoms with Crippen LogP contribution in [0.1, 0.15) is 25.1 Å². The molecular formula is C15H20ClN3. The Bertz CT molecular complexity index is 502. The number of halogens is 1. The average molecular weight is 278 g/mol. The average Bonchev–Trinajstić information content (AvgIpc) is 2.79. The minimum absolute atomic E-state index is 0.660. The highest BCUT2D eigenvalue weighted by molar-refractivity contribution is 6.30. The summed E-state index contributed by atoms with van der Waals surface area (Å²) < 4.78 is 2.02. The van der Waals surface area contributed by atoms with E-state index in [1.54, 1.807) is 0 Å². The molecule has 1 aromatic heterocycles. The van der Waals surface area contributed by atoms with Gasteiger partial charge in [0.1, 0.15) is 0 Å². The highest BCUT2D eigenvalue weighted by Crippen LogP contribution is 2.11. The van der Waals surface area contributed by atoms with Crippen LogP contribution in [0.3, 0.4) is 0 Å². The molecule has 4 heteroatoms. The molecule has 1 N–H and O–H groups in total. The van der Waals surface area contributed by atoms with Crippen molar-refractivity contribution in [1.82, 2.24) is 15.1 Å². The summed E-state index contributed by atoms with van der Waals surface area (Å²) in [5.41, 5.74) is 2.41. The summed E-state index contributed by atoms with van der Waals surface area (Å²) in [5.74, 6) is 0.660. The molecule has 1 heterocycles. The predicted octanol–water partition coefficient (Wildman–Crippen LogP) is 3.33. The van der Waals surface area contributed by atoms with E-state index in [-0.39, 0.29) is 0 Å². The number of nitrogens with zero attached hydrogens (tertiary/aromatic N) is 2. The zero-order valence-corrected chi connectivity index (χ0v) is 12.2. The van der Waals surface area contributed by atoms with E-state index in [0.29, 0.717) is 5.92 Å². The Balaban J connectivity index is 1.97. The first-order valence-electron chi connectivity index (χ1n) is 6.61. The molecule has 0 aliphatic carbocycles. The van der Waals surface area contributed by atoms with E-state index in [1.165, 1.54) is 11.3 Å². The van der Waals surface area contributed by atoms with Crippen LogP contribution in [0.5, 0.6) is 0 Å². The molecule has 0 atom stereocenters. The van der Waals surface area contributed by atoms with Crippen LogP contribution in [0.2, 0.25) is 5.02 Å². The highest BCUT2D eigenvalue weighted by atomic mass is 35.5. The van der Waals surface area contributed by atoms with E-state index in [1.807, 2.05) is 35.1 Å². The first-order chi connectivity index (χ1) is 9.15. The Labute approximate surface area is 119 Å². The molecule has 0 fully saturated rings. The van der Waals surface area contributed by atoms with Crippen LogP contribution in [-0.4, -0.2) is 16.3 Å². The summed E-state index contributed by atoms with van der Waals surface area (Å²) in [6.45, 7) is 7.07. The lowest BCUT2D eigenvalue weighted by Crippen LogP contribution is -2.21. The SMILES string of the molecule is CC(C)CNCc1ccnn1Cc1ccc(Cl)cc1. The van der Waals surface area contributed by atoms with Crippen molar-refractivity contribution in [3.05, 3.63) is 52.8 Å². The van der Waals surface area contributed by atoms with Gasteiger partial charge in [0.15, 0.2) is 0 Å². The first kappa shape index (κ1) is 14.1. The lowest BCUT2D eigenvalue weighted by molar-refractivity contribution is 0.529. The van der Waals surface area contributed by atoms with Gasteiger partial charge in [-0.1, -0.05) is 37.6 Å². The smallest absolute Gasteiger partial charge is 0.0663 e. The fraction of sp³-hybridized carbons (Fsp3) is 0.400. The van der Waals surface area contributed by atoms with Gasteiger partial charge in [0.25, 0.3) is 0 Å². The molecule has 0 aliphatic heterocycles. The monoisotopic (exact) mass is 277 g/mol. The number of aromatic nitrogens is 2. The normalized spacial score (nSPS) is 11.2. The lowest BCUT2D eigenvalue weighted by atomic mass is 10.2. The molecule has 0 unspecified atom stereocenters. The Kier molecular flexibility index (Phi) is 5.00. The molecule has 0 saturated heterocycles. The van der Waals surface area contributed by atoms with Crippen LogP contribution in [0.4, 0.5) is 0 Å². The maximum atomic E-state index is 5.89. The van der Waals surface area contributed by atoms with Crippen LogP contribution >= 0.6 is 11.6 Å². The van der Waals surface area contributed by atoms with E-state index in [0.717, 1.165) is 24.7 Å². The highest BCUT2D eigenvalue weighted by Gasteiger charge is 2.03. The third kappa shape index (κ3) is 4.37. The second kappa shape index (κ2) is 6.73. The molecule has 0 aliphatic rings. The molecule has 0 spiro atoms. The summed E-state index contributed by atoms with van der Waals surface area (Å²) in [5, 5.41) is 8.58. The van der Waals surface area contributed by atoms with Crippen molar-refractivity contribution >= 4 is 11.6 Å². The van der Waals surface area contributed by atoms with E-state index < -0.39 is 0 Å². The van der Waals surface area contributed by atoms with Crippen molar-refractivity contribution < 1.29 is 0 Å². The fourth-order valence-corrected chi connectivity index (χ4v) is 2.03. The quantitative estimate of drug-likeness (QED) is 0.878. The predicted molar refractivity (Wildman–Crippen MR) is 79.3 cm³/mol. The fourth-order valence-electron chi connectivity index (χ4n) is 1.90. The van der Waals surface area contributed by atoms with Gasteiger partial charge in [-0.05, 0) is 36.2 Å². The van der Waals surface area contributed by atoms with Crippen molar-refractivity contribution in [2.75, 3.05) is 6.54 Å². The molecule has 2 rings (SSSR count). The number of rotatable bonds is 6. The molecule has 0 radical (unpaired) electrons. The van der Waals surface area contributed by atoms with Gasteiger partial charge in [-0.15, -0.1) is 0 Å². The topological polar surface area (TPSA) is 29.9 Å². The third-order valence-corrected chi connectivity index (χ3v) is 3.16. The van der Waals surface area contributed by atoms with Crippen molar-refractivity contribution in [2.24, 2.45) is 5.92 Å². The minimum atomic E-state index is 0.660. The van der Waals surface area contributed by atoms with Gasteiger partial charge >= 0.3 is 0 Å². The molecule has 3 nitrogen and oxygen atoms in total. The first-order valence-corrected chi connectivity index (χ1v) is 6.99. The second-order valence-corrected chi connectivity index (χ2v) is 5.57. The van der Waals surface area contributed by atoms with Gasteiger partial charge in [0.2, 0.25) is 0 Å². The van der Waals surface area contributed by atoms with Crippen LogP contribution in [0, 0.1) is 5.92 Å². The van der Waals surface area contributed by atoms with Gasteiger partial charge in [-0.3, -0.25) is 4.68 Å². The third-order valence-electron chi connectivity index (χ3n) is 2.91. The minimum Gasteiger partial charge on any atom is -0.311 e. The molecule has 0 amide bonds. The van der Waals surface area contributed by atoms with Gasteiger partial charge < -0.3 is 5.32 Å². The maximum Gasteiger partial charge on any atom is 0.0663 e. The molecule has 19 heavy (non-hydrogen) atoms. The summed E-state index contributed by atoms with van der Waals surface area (Å²) in [4.78, 5) is 0. The van der Waals surface area contributed by atoms with Crippen molar-refractivity contribution in [3.8, 4) is 0 Å². The number of nitrogens with one attached hydrogen (secondary N) is 1. The van der Waals surface area contributed by atoms with Gasteiger partial charge in [0.05, 0.1) is 12.2 Å². The Morgan fingerprint density at radius 3 is 2.63 bits per heavy atom. The maximum absolute atomic E-state index is 5.89. The van der Waals surface area contributed by atoms with Gasteiger partial charge in [-0.25, -0.2) is 0 Å². The lowest BCUT2D eigenvalue weighted by Gasteiger charge is -2.10. The van der Waals surface area contributed by atoms with Crippen molar-refractivity contribution in [3.63, 3.8) is 0 Å². The summed E-state index contributed by atoms with van der Waals surface area (Å²) in [6.07, 6.45) is 1.85. The largest absolute Gasteiger partial charge is 0.311 e. The van der Waals surface area contributed by atoms with Crippen LogP contribution in [0.25, 0.3) is 0 Å². The molecule has 102 valence electrons. The summed E-state index contributed by atoms with van der Waals surface area (Å²) >= 11 is 5.89. The van der Waals surface area contributed by atoms with E-state index >= 15 is 0 Å². The Hall–Kier alpha value is -1.32. The number of hydrogen-bond acceptors (Lipinski definition) is 2. The van der Waals surface area contributed by atoms with E-state index in [2.05, 4.69) is 30.3 Å². The Morgan fingerprint density at radius 1 is 1.21 bits per heavy atom. The molecule has 1 aromatic carbocycles. The van der Waals surface area contributed by atoms with Crippen molar-refractivity contribution in [2.45, 2.75) is 26.9 Å². The summed E-state index contributed by atoms with van der Waals surface area (Å²) in [6, 6.07) is 9.96. The molecule has 0 bridgehead atoms. The van der Waals surface area contributed by atoms with Gasteiger partial charge in [-0.2, -0.15) is 5.10 Å². The Morgan fingerprint density at radius 2 is 1.95 bits per heavy atom. The second-order valence-electron chi connectivity index (χ2n) is 5.13.